The van der Waals surface area contributed by atoms with E-state index in [1.807, 2.05) is 18.2 Å². The molecule has 5 N–H and O–H groups in total. The Morgan fingerprint density at radius 1 is 1.24 bits per heavy atom. The van der Waals surface area contributed by atoms with Gasteiger partial charge in [0.25, 0.3) is 5.91 Å². The van der Waals surface area contributed by atoms with Gasteiger partial charge in [-0.2, -0.15) is 0 Å². The molecule has 0 bridgehead atoms. The standard InChI is InChI=1S/C14H17N5O2/c15-17-13-7-6-12(18-19-13)14(21)16-11-5-1-3-10(9-11)4-2-8-20/h1,3,5-7,9,20H,2,4,8,15H2,(H,16,21)(H,17,19). The van der Waals surface area contributed by atoms with E-state index in [0.717, 1.165) is 12.0 Å². The number of nitrogens with one attached hydrogen (secondary N) is 2. The molecule has 0 spiro atoms. The fraction of sp³-hybridized carbons (Fsp3) is 0.214. The number of nitrogens with zero attached hydrogens (tertiary/aromatic N) is 2. The van der Waals surface area contributed by atoms with E-state index in [4.69, 9.17) is 10.9 Å². The number of aryl methyl sites for hydroxylation is 1. The number of nitrogens with two attached hydrogens (primary N) is 1. The van der Waals surface area contributed by atoms with Crippen molar-refractivity contribution in [2.24, 2.45) is 5.84 Å². The Kier molecular flexibility index (Phi) is 5.19. The number of hydrogen-bond acceptors (Lipinski definition) is 6. The van der Waals surface area contributed by atoms with E-state index in [1.54, 1.807) is 12.1 Å². The molecular weight excluding hydrogens is 270 g/mol. The van der Waals surface area contributed by atoms with E-state index in [1.165, 1.54) is 6.07 Å². The normalized spacial score (nSPS) is 10.2. The molecule has 2 aromatic rings. The minimum absolute atomic E-state index is 0.147. The van der Waals surface area contributed by atoms with Gasteiger partial charge in [-0.1, -0.05) is 12.1 Å². The molecule has 0 aliphatic heterocycles. The molecule has 0 aliphatic rings. The lowest BCUT2D eigenvalue weighted by atomic mass is 10.1. The molecule has 1 aromatic carbocycles. The number of aromatic nitrogens is 2. The summed E-state index contributed by atoms with van der Waals surface area (Å²) in [5.74, 6) is 5.23. The lowest BCUT2D eigenvalue weighted by molar-refractivity contribution is 0.102. The topological polar surface area (TPSA) is 113 Å². The van der Waals surface area contributed by atoms with E-state index >= 15 is 0 Å². The Bertz CT molecular complexity index is 601. The van der Waals surface area contributed by atoms with Crippen molar-refractivity contribution < 1.29 is 9.90 Å². The van der Waals surface area contributed by atoms with Crippen molar-refractivity contribution in [3.8, 4) is 0 Å². The Balaban J connectivity index is 2.04. The quantitative estimate of drug-likeness (QED) is 0.464. The highest BCUT2D eigenvalue weighted by Crippen LogP contribution is 2.13. The summed E-state index contributed by atoms with van der Waals surface area (Å²) in [6.07, 6.45) is 1.45. The van der Waals surface area contributed by atoms with Crippen LogP contribution in [0.15, 0.2) is 36.4 Å². The molecule has 1 aromatic heterocycles. The Hall–Kier alpha value is -2.51. The third kappa shape index (κ3) is 4.23. The van der Waals surface area contributed by atoms with Gasteiger partial charge in [-0.15, -0.1) is 10.2 Å². The van der Waals surface area contributed by atoms with Gasteiger partial charge in [-0.3, -0.25) is 4.79 Å². The zero-order valence-electron chi connectivity index (χ0n) is 11.4. The first-order valence-electron chi connectivity index (χ1n) is 6.54. The van der Waals surface area contributed by atoms with Crippen LogP contribution in [-0.2, 0) is 6.42 Å². The minimum Gasteiger partial charge on any atom is -0.396 e. The second kappa shape index (κ2) is 7.32. The lowest BCUT2D eigenvalue weighted by Crippen LogP contribution is -2.16. The molecule has 7 heteroatoms. The number of anilines is 2. The Labute approximate surface area is 122 Å². The fourth-order valence-corrected chi connectivity index (χ4v) is 1.81. The molecule has 0 saturated heterocycles. The number of hydrazine groups is 1. The Morgan fingerprint density at radius 2 is 2.10 bits per heavy atom. The molecule has 0 aliphatic carbocycles. The molecule has 0 fully saturated rings. The van der Waals surface area contributed by atoms with Gasteiger partial charge in [-0.25, -0.2) is 5.84 Å². The molecule has 1 heterocycles. The second-order valence-corrected chi connectivity index (χ2v) is 4.43. The van der Waals surface area contributed by atoms with Gasteiger partial charge >= 0.3 is 0 Å². The summed E-state index contributed by atoms with van der Waals surface area (Å²) in [6, 6.07) is 10.6. The predicted molar refractivity (Wildman–Crippen MR) is 79.6 cm³/mol. The van der Waals surface area contributed by atoms with Crippen molar-refractivity contribution in [2.75, 3.05) is 17.3 Å². The molecule has 7 nitrogen and oxygen atoms in total. The first kappa shape index (κ1) is 14.9. The number of benzene rings is 1. The summed E-state index contributed by atoms with van der Waals surface area (Å²) in [5.41, 5.74) is 4.28. The van der Waals surface area contributed by atoms with Crippen molar-refractivity contribution in [2.45, 2.75) is 12.8 Å². The summed E-state index contributed by atoms with van der Waals surface area (Å²) < 4.78 is 0. The number of amides is 1. The summed E-state index contributed by atoms with van der Waals surface area (Å²) in [5, 5.41) is 19.1. The molecule has 110 valence electrons. The highest BCUT2D eigenvalue weighted by atomic mass is 16.2. The van der Waals surface area contributed by atoms with Crippen molar-refractivity contribution in [3.63, 3.8) is 0 Å². The van der Waals surface area contributed by atoms with Crippen LogP contribution in [0.2, 0.25) is 0 Å². The van der Waals surface area contributed by atoms with Crippen LogP contribution in [0.3, 0.4) is 0 Å². The number of rotatable bonds is 6. The van der Waals surface area contributed by atoms with Gasteiger partial charge < -0.3 is 15.8 Å². The average Bonchev–Trinajstić information content (AvgIpc) is 2.53. The zero-order chi connectivity index (χ0) is 15.1. The van der Waals surface area contributed by atoms with Gasteiger partial charge in [0, 0.05) is 12.3 Å². The van der Waals surface area contributed by atoms with Gasteiger partial charge in [0.05, 0.1) is 0 Å². The maximum Gasteiger partial charge on any atom is 0.276 e. The molecular formula is C14H17N5O2. The zero-order valence-corrected chi connectivity index (χ0v) is 11.4. The SMILES string of the molecule is NNc1ccc(C(=O)Nc2cccc(CCCO)c2)nn1. The van der Waals surface area contributed by atoms with E-state index in [0.29, 0.717) is 17.9 Å². The maximum atomic E-state index is 12.0. The van der Waals surface area contributed by atoms with Gasteiger partial charge in [0.2, 0.25) is 0 Å². The second-order valence-electron chi connectivity index (χ2n) is 4.43. The van der Waals surface area contributed by atoms with Crippen LogP contribution in [0, 0.1) is 0 Å². The predicted octanol–water partition coefficient (Wildman–Crippen LogP) is 0.939. The van der Waals surface area contributed by atoms with Crippen LogP contribution in [0.25, 0.3) is 0 Å². The summed E-state index contributed by atoms with van der Waals surface area (Å²) in [6.45, 7) is 0.147. The lowest BCUT2D eigenvalue weighted by Gasteiger charge is -2.07. The van der Waals surface area contributed by atoms with Crippen LogP contribution >= 0.6 is 0 Å². The van der Waals surface area contributed by atoms with Crippen molar-refractivity contribution >= 4 is 17.4 Å². The van der Waals surface area contributed by atoms with Gasteiger partial charge in [-0.05, 0) is 42.7 Å². The monoisotopic (exact) mass is 287 g/mol. The van der Waals surface area contributed by atoms with Crippen molar-refractivity contribution in [3.05, 3.63) is 47.7 Å². The Morgan fingerprint density at radius 3 is 2.76 bits per heavy atom. The fourth-order valence-electron chi connectivity index (χ4n) is 1.81. The number of hydrogen-bond donors (Lipinski definition) is 4. The molecule has 1 amide bonds. The number of aliphatic hydroxyl groups excluding tert-OH is 1. The number of carbonyl (C=O) groups is 1. The minimum atomic E-state index is -0.342. The average molecular weight is 287 g/mol. The molecule has 2 rings (SSSR count). The molecule has 0 atom stereocenters. The number of carbonyl (C=O) groups excluding carboxylic acids is 1. The van der Waals surface area contributed by atoms with E-state index in [2.05, 4.69) is 20.9 Å². The number of nitrogen functional groups attached to an aromatic ring is 1. The highest BCUT2D eigenvalue weighted by molar-refractivity contribution is 6.02. The first-order chi connectivity index (χ1) is 10.2. The summed E-state index contributed by atoms with van der Waals surface area (Å²) in [4.78, 5) is 12.0. The largest absolute Gasteiger partial charge is 0.396 e. The molecule has 0 radical (unpaired) electrons. The molecule has 0 saturated carbocycles. The van der Waals surface area contributed by atoms with E-state index in [9.17, 15) is 4.79 Å². The van der Waals surface area contributed by atoms with Crippen LogP contribution in [0.5, 0.6) is 0 Å². The number of aliphatic hydroxyl groups is 1. The van der Waals surface area contributed by atoms with Crippen LogP contribution in [0.1, 0.15) is 22.5 Å². The maximum absolute atomic E-state index is 12.0. The van der Waals surface area contributed by atoms with Crippen molar-refractivity contribution in [1.29, 1.82) is 0 Å². The summed E-state index contributed by atoms with van der Waals surface area (Å²) >= 11 is 0. The van der Waals surface area contributed by atoms with Gasteiger partial charge in [0.1, 0.15) is 0 Å². The third-order valence-corrected chi connectivity index (χ3v) is 2.85. The highest BCUT2D eigenvalue weighted by Gasteiger charge is 2.08. The smallest absolute Gasteiger partial charge is 0.276 e. The first-order valence-corrected chi connectivity index (χ1v) is 6.54. The van der Waals surface area contributed by atoms with Gasteiger partial charge in [0.15, 0.2) is 11.5 Å². The molecule has 21 heavy (non-hydrogen) atoms. The van der Waals surface area contributed by atoms with Crippen LogP contribution < -0.4 is 16.6 Å². The summed E-state index contributed by atoms with van der Waals surface area (Å²) in [7, 11) is 0. The van der Waals surface area contributed by atoms with E-state index in [-0.39, 0.29) is 18.2 Å². The van der Waals surface area contributed by atoms with Crippen LogP contribution in [-0.4, -0.2) is 27.8 Å². The van der Waals surface area contributed by atoms with Crippen molar-refractivity contribution in [1.82, 2.24) is 10.2 Å². The van der Waals surface area contributed by atoms with Crippen LogP contribution in [0.4, 0.5) is 11.5 Å². The van der Waals surface area contributed by atoms with E-state index < -0.39 is 0 Å². The third-order valence-electron chi connectivity index (χ3n) is 2.85. The molecule has 0 unspecified atom stereocenters.